The smallest absolute Gasteiger partial charge is 0.258 e. The zero-order valence-corrected chi connectivity index (χ0v) is 19.1. The second-order valence-corrected chi connectivity index (χ2v) is 8.38. The van der Waals surface area contributed by atoms with Crippen LogP contribution in [0.5, 0.6) is 0 Å². The summed E-state index contributed by atoms with van der Waals surface area (Å²) in [6.45, 7) is 5.73. The molecule has 1 aromatic heterocycles. The predicted octanol–water partition coefficient (Wildman–Crippen LogP) is 6.39. The average molecular weight is 461 g/mol. The summed E-state index contributed by atoms with van der Waals surface area (Å²) >= 11 is 1.35. The molecule has 0 amide bonds. The second-order valence-electron chi connectivity index (χ2n) is 7.54. The van der Waals surface area contributed by atoms with Crippen molar-refractivity contribution < 1.29 is 9.31 Å². The SMILES string of the molecule is CC(=Nn1c(-c2ccccc2F)csc1=Nc1c(C)cccc1C)c1cccc([N+](=O)[O-])c1. The molecule has 0 radical (unpaired) electrons. The van der Waals surface area contributed by atoms with E-state index in [1.165, 1.54) is 29.5 Å². The van der Waals surface area contributed by atoms with Crippen molar-refractivity contribution in [1.29, 1.82) is 0 Å². The number of nitro groups is 1. The largest absolute Gasteiger partial charge is 0.270 e. The van der Waals surface area contributed by atoms with Crippen molar-refractivity contribution in [3.05, 3.63) is 110 Å². The lowest BCUT2D eigenvalue weighted by molar-refractivity contribution is -0.384. The average Bonchev–Trinajstić information content (AvgIpc) is 3.18. The number of non-ortho nitro benzene ring substituents is 1. The minimum atomic E-state index is -0.443. The van der Waals surface area contributed by atoms with E-state index >= 15 is 0 Å². The van der Waals surface area contributed by atoms with Crippen LogP contribution in [0.1, 0.15) is 23.6 Å². The van der Waals surface area contributed by atoms with E-state index < -0.39 is 4.92 Å². The van der Waals surface area contributed by atoms with Crippen LogP contribution in [0.3, 0.4) is 0 Å². The van der Waals surface area contributed by atoms with Crippen LogP contribution in [-0.4, -0.2) is 15.3 Å². The van der Waals surface area contributed by atoms with Crippen molar-refractivity contribution in [2.24, 2.45) is 10.1 Å². The molecule has 33 heavy (non-hydrogen) atoms. The molecule has 3 aromatic carbocycles. The number of para-hydroxylation sites is 1. The molecule has 0 aliphatic carbocycles. The highest BCUT2D eigenvalue weighted by molar-refractivity contribution is 7.07. The topological polar surface area (TPSA) is 72.8 Å². The molecule has 166 valence electrons. The highest BCUT2D eigenvalue weighted by atomic mass is 32.1. The Hall–Kier alpha value is -3.91. The van der Waals surface area contributed by atoms with Crippen LogP contribution < -0.4 is 4.80 Å². The van der Waals surface area contributed by atoms with Gasteiger partial charge in [0.25, 0.3) is 5.69 Å². The number of rotatable bonds is 5. The lowest BCUT2D eigenvalue weighted by Crippen LogP contribution is -2.14. The van der Waals surface area contributed by atoms with E-state index in [2.05, 4.69) is 0 Å². The molecule has 4 aromatic rings. The Labute approximate surface area is 194 Å². The summed E-state index contributed by atoms with van der Waals surface area (Å²) < 4.78 is 16.3. The first-order valence-corrected chi connectivity index (χ1v) is 11.1. The summed E-state index contributed by atoms with van der Waals surface area (Å²) in [7, 11) is 0. The Bertz CT molecular complexity index is 1430. The molecule has 0 fully saturated rings. The van der Waals surface area contributed by atoms with Crippen LogP contribution >= 0.6 is 11.3 Å². The summed E-state index contributed by atoms with van der Waals surface area (Å²) in [6, 6.07) is 18.7. The number of hydrogen-bond acceptors (Lipinski definition) is 5. The first kappa shape index (κ1) is 22.3. The zero-order valence-electron chi connectivity index (χ0n) is 18.3. The van der Waals surface area contributed by atoms with E-state index in [0.29, 0.717) is 27.3 Å². The van der Waals surface area contributed by atoms with Gasteiger partial charge in [0, 0.05) is 28.6 Å². The Balaban J connectivity index is 1.95. The van der Waals surface area contributed by atoms with Crippen LogP contribution in [0, 0.1) is 29.8 Å². The van der Waals surface area contributed by atoms with Gasteiger partial charge in [-0.2, -0.15) is 5.10 Å². The third-order valence-corrected chi connectivity index (χ3v) is 6.02. The number of hydrogen-bond donors (Lipinski definition) is 0. The van der Waals surface area contributed by atoms with Crippen molar-refractivity contribution in [2.75, 3.05) is 0 Å². The lowest BCUT2D eigenvalue weighted by Gasteiger charge is -2.08. The minimum Gasteiger partial charge on any atom is -0.258 e. The Morgan fingerprint density at radius 2 is 1.73 bits per heavy atom. The first-order valence-electron chi connectivity index (χ1n) is 10.2. The molecule has 1 heterocycles. The van der Waals surface area contributed by atoms with Gasteiger partial charge in [-0.3, -0.25) is 10.1 Å². The summed E-state index contributed by atoms with van der Waals surface area (Å²) in [6.07, 6.45) is 0. The molecule has 0 spiro atoms. The molecule has 0 aliphatic heterocycles. The summed E-state index contributed by atoms with van der Waals surface area (Å²) in [5.41, 5.74) is 4.92. The van der Waals surface area contributed by atoms with Gasteiger partial charge in [-0.1, -0.05) is 42.5 Å². The zero-order chi connectivity index (χ0) is 23.5. The molecular weight excluding hydrogens is 439 g/mol. The minimum absolute atomic E-state index is 0.0212. The monoisotopic (exact) mass is 460 g/mol. The van der Waals surface area contributed by atoms with E-state index in [1.54, 1.807) is 41.9 Å². The molecule has 0 atom stereocenters. The molecule has 0 N–H and O–H groups in total. The maximum atomic E-state index is 14.7. The quantitative estimate of drug-likeness (QED) is 0.197. The van der Waals surface area contributed by atoms with Gasteiger partial charge >= 0.3 is 0 Å². The van der Waals surface area contributed by atoms with Crippen molar-refractivity contribution in [3.63, 3.8) is 0 Å². The number of nitro benzene ring substituents is 1. The Morgan fingerprint density at radius 1 is 1.03 bits per heavy atom. The summed E-state index contributed by atoms with van der Waals surface area (Å²) in [5.74, 6) is -0.370. The van der Waals surface area contributed by atoms with Crippen LogP contribution in [0.2, 0.25) is 0 Å². The van der Waals surface area contributed by atoms with E-state index in [4.69, 9.17) is 10.1 Å². The summed E-state index contributed by atoms with van der Waals surface area (Å²) in [4.78, 5) is 16.2. The second kappa shape index (κ2) is 9.30. The van der Waals surface area contributed by atoms with E-state index in [1.807, 2.05) is 37.4 Å². The number of halogens is 1. The van der Waals surface area contributed by atoms with Gasteiger partial charge in [-0.15, -0.1) is 11.3 Å². The molecular formula is C25H21FN4O2S. The third kappa shape index (κ3) is 4.65. The maximum absolute atomic E-state index is 14.7. The standard InChI is InChI=1S/C25H21FN4O2S/c1-16-8-6-9-17(2)24(16)27-25-29(23(15-33-25)21-12-4-5-13-22(21)26)28-18(3)19-10-7-11-20(14-19)30(31)32/h4-15H,1-3H3. The van der Waals surface area contributed by atoms with Crippen molar-refractivity contribution >= 4 is 28.4 Å². The first-order chi connectivity index (χ1) is 15.8. The van der Waals surface area contributed by atoms with E-state index in [-0.39, 0.29) is 11.5 Å². The number of thiazole rings is 1. The lowest BCUT2D eigenvalue weighted by atomic mass is 10.1. The van der Waals surface area contributed by atoms with Gasteiger partial charge in [0.2, 0.25) is 4.80 Å². The predicted molar refractivity (Wildman–Crippen MR) is 130 cm³/mol. The van der Waals surface area contributed by atoms with Crippen molar-refractivity contribution in [2.45, 2.75) is 20.8 Å². The summed E-state index contributed by atoms with van der Waals surface area (Å²) in [5, 5.41) is 17.7. The molecule has 6 nitrogen and oxygen atoms in total. The van der Waals surface area contributed by atoms with Gasteiger partial charge in [0.15, 0.2) is 0 Å². The molecule has 0 bridgehead atoms. The van der Waals surface area contributed by atoms with E-state index in [0.717, 1.165) is 16.8 Å². The van der Waals surface area contributed by atoms with Crippen LogP contribution in [-0.2, 0) is 0 Å². The van der Waals surface area contributed by atoms with Crippen LogP contribution in [0.4, 0.5) is 15.8 Å². The van der Waals surface area contributed by atoms with Gasteiger partial charge < -0.3 is 0 Å². The molecule has 0 saturated heterocycles. The van der Waals surface area contributed by atoms with Crippen molar-refractivity contribution in [3.8, 4) is 11.3 Å². The molecule has 8 heteroatoms. The number of aryl methyl sites for hydroxylation is 2. The number of benzene rings is 3. The molecule has 0 aliphatic rings. The van der Waals surface area contributed by atoms with Gasteiger partial charge in [-0.25, -0.2) is 14.1 Å². The maximum Gasteiger partial charge on any atom is 0.270 e. The third-order valence-electron chi connectivity index (χ3n) is 5.21. The Kier molecular flexibility index (Phi) is 6.28. The van der Waals surface area contributed by atoms with Crippen molar-refractivity contribution in [1.82, 2.24) is 4.68 Å². The van der Waals surface area contributed by atoms with Crippen LogP contribution in [0.25, 0.3) is 11.3 Å². The molecule has 0 unspecified atom stereocenters. The molecule has 4 rings (SSSR count). The fourth-order valence-electron chi connectivity index (χ4n) is 3.46. The van der Waals surface area contributed by atoms with Crippen LogP contribution in [0.15, 0.2) is 82.2 Å². The van der Waals surface area contributed by atoms with Gasteiger partial charge in [-0.05, 0) is 44.0 Å². The van der Waals surface area contributed by atoms with Gasteiger partial charge in [0.05, 0.1) is 22.0 Å². The number of aromatic nitrogens is 1. The van der Waals surface area contributed by atoms with E-state index in [9.17, 15) is 14.5 Å². The Morgan fingerprint density at radius 3 is 2.42 bits per heavy atom. The fraction of sp³-hybridized carbons (Fsp3) is 0.120. The van der Waals surface area contributed by atoms with Gasteiger partial charge in [0.1, 0.15) is 5.82 Å². The highest BCUT2D eigenvalue weighted by Crippen LogP contribution is 2.26. The fourth-order valence-corrected chi connectivity index (χ4v) is 4.29. The molecule has 0 saturated carbocycles. The number of nitrogens with zero attached hydrogens (tertiary/aromatic N) is 4. The normalized spacial score (nSPS) is 12.2. The highest BCUT2D eigenvalue weighted by Gasteiger charge is 2.14.